The standard InChI is InChI=1S/C13H19NO2/c1-12(2)9-5-7-14-11(16)8-13(9,3)6-4-10(12)15/h4,6,9H,5,7-8H2,1-3H3,(H,14,16)/t9-,13+/m1/s1. The molecule has 0 aromatic carbocycles. The van der Waals surface area contributed by atoms with Gasteiger partial charge in [0.05, 0.1) is 0 Å². The number of fused-ring (bicyclic) bond motifs is 1. The molecule has 0 radical (unpaired) electrons. The number of carbonyl (C=O) groups excluding carboxylic acids is 2. The predicted molar refractivity (Wildman–Crippen MR) is 61.8 cm³/mol. The number of amides is 1. The molecule has 1 heterocycles. The summed E-state index contributed by atoms with van der Waals surface area (Å²) in [5, 5.41) is 2.89. The highest BCUT2D eigenvalue weighted by Gasteiger charge is 2.49. The summed E-state index contributed by atoms with van der Waals surface area (Å²) in [6, 6.07) is 0. The lowest BCUT2D eigenvalue weighted by Crippen LogP contribution is -2.44. The normalized spacial score (nSPS) is 37.6. The first kappa shape index (κ1) is 11.4. The second kappa shape index (κ2) is 3.44. The van der Waals surface area contributed by atoms with Crippen LogP contribution in [0.1, 0.15) is 33.6 Å². The van der Waals surface area contributed by atoms with Gasteiger partial charge in [-0.25, -0.2) is 0 Å². The Labute approximate surface area is 96.3 Å². The van der Waals surface area contributed by atoms with Crippen LogP contribution in [0.25, 0.3) is 0 Å². The van der Waals surface area contributed by atoms with Crippen molar-refractivity contribution in [1.29, 1.82) is 0 Å². The van der Waals surface area contributed by atoms with E-state index in [0.29, 0.717) is 13.0 Å². The minimum Gasteiger partial charge on any atom is -0.356 e. The van der Waals surface area contributed by atoms with Gasteiger partial charge in [0.15, 0.2) is 5.78 Å². The molecule has 0 saturated carbocycles. The Balaban J connectivity index is 2.44. The highest BCUT2D eigenvalue weighted by Crippen LogP contribution is 2.50. The van der Waals surface area contributed by atoms with Gasteiger partial charge in [-0.1, -0.05) is 26.8 Å². The highest BCUT2D eigenvalue weighted by molar-refractivity contribution is 5.96. The molecule has 1 fully saturated rings. The number of ketones is 1. The lowest BCUT2D eigenvalue weighted by atomic mass is 9.57. The topological polar surface area (TPSA) is 46.2 Å². The fourth-order valence-corrected chi connectivity index (χ4v) is 3.23. The summed E-state index contributed by atoms with van der Waals surface area (Å²) in [6.07, 6.45) is 4.97. The summed E-state index contributed by atoms with van der Waals surface area (Å²) in [5.41, 5.74) is -0.520. The van der Waals surface area contributed by atoms with E-state index in [1.165, 1.54) is 0 Å². The third-order valence-corrected chi connectivity index (χ3v) is 4.21. The maximum absolute atomic E-state index is 11.9. The Kier molecular flexibility index (Phi) is 2.44. The first-order valence-electron chi connectivity index (χ1n) is 5.87. The van der Waals surface area contributed by atoms with Crippen LogP contribution in [0.3, 0.4) is 0 Å². The molecule has 2 aliphatic rings. The van der Waals surface area contributed by atoms with E-state index in [1.807, 2.05) is 19.9 Å². The number of rotatable bonds is 0. The van der Waals surface area contributed by atoms with Gasteiger partial charge in [0.25, 0.3) is 0 Å². The SMILES string of the molecule is CC1(C)C(=O)C=C[C@@]2(C)CC(=O)NCC[C@H]12. The smallest absolute Gasteiger partial charge is 0.220 e. The fourth-order valence-electron chi connectivity index (χ4n) is 3.23. The van der Waals surface area contributed by atoms with Crippen LogP contribution in [-0.2, 0) is 9.59 Å². The molecule has 1 saturated heterocycles. The van der Waals surface area contributed by atoms with Gasteiger partial charge in [0.2, 0.25) is 5.91 Å². The Morgan fingerprint density at radius 2 is 2.00 bits per heavy atom. The quantitative estimate of drug-likeness (QED) is 0.676. The average Bonchev–Trinajstić information content (AvgIpc) is 2.32. The first-order valence-corrected chi connectivity index (χ1v) is 5.87. The van der Waals surface area contributed by atoms with Gasteiger partial charge in [-0.05, 0) is 23.8 Å². The Morgan fingerprint density at radius 1 is 1.31 bits per heavy atom. The van der Waals surface area contributed by atoms with Crippen LogP contribution >= 0.6 is 0 Å². The van der Waals surface area contributed by atoms with Crippen LogP contribution < -0.4 is 5.32 Å². The summed E-state index contributed by atoms with van der Waals surface area (Å²) in [5.74, 6) is 0.528. The van der Waals surface area contributed by atoms with E-state index in [9.17, 15) is 9.59 Å². The summed E-state index contributed by atoms with van der Waals surface area (Å²) in [6.45, 7) is 6.77. The van der Waals surface area contributed by atoms with E-state index in [-0.39, 0.29) is 28.4 Å². The molecule has 3 nitrogen and oxygen atoms in total. The second-order valence-corrected chi connectivity index (χ2v) is 5.79. The zero-order valence-corrected chi connectivity index (χ0v) is 10.2. The van der Waals surface area contributed by atoms with Gasteiger partial charge in [-0.3, -0.25) is 9.59 Å². The third kappa shape index (κ3) is 1.58. The minimum absolute atomic E-state index is 0.0970. The number of hydrogen-bond donors (Lipinski definition) is 1. The molecule has 88 valence electrons. The molecular formula is C13H19NO2. The molecule has 2 atom stereocenters. The van der Waals surface area contributed by atoms with E-state index in [0.717, 1.165) is 6.42 Å². The largest absolute Gasteiger partial charge is 0.356 e. The zero-order valence-electron chi connectivity index (χ0n) is 10.2. The zero-order chi connectivity index (χ0) is 12.0. The first-order chi connectivity index (χ1) is 7.36. The van der Waals surface area contributed by atoms with Crippen molar-refractivity contribution in [2.75, 3.05) is 6.54 Å². The number of carbonyl (C=O) groups is 2. The van der Waals surface area contributed by atoms with E-state index < -0.39 is 0 Å². The molecule has 0 bridgehead atoms. The third-order valence-electron chi connectivity index (χ3n) is 4.21. The number of allylic oxidation sites excluding steroid dienone is 2. The second-order valence-electron chi connectivity index (χ2n) is 5.79. The molecule has 16 heavy (non-hydrogen) atoms. The van der Waals surface area contributed by atoms with Crippen molar-refractivity contribution >= 4 is 11.7 Å². The van der Waals surface area contributed by atoms with Gasteiger partial charge < -0.3 is 5.32 Å². The molecule has 1 aliphatic carbocycles. The van der Waals surface area contributed by atoms with Crippen LogP contribution in [0, 0.1) is 16.7 Å². The maximum atomic E-state index is 11.9. The number of nitrogens with one attached hydrogen (secondary N) is 1. The lowest BCUT2D eigenvalue weighted by molar-refractivity contribution is -0.130. The summed E-state index contributed by atoms with van der Waals surface area (Å²) >= 11 is 0. The van der Waals surface area contributed by atoms with Crippen LogP contribution in [0.5, 0.6) is 0 Å². The van der Waals surface area contributed by atoms with Crippen molar-refractivity contribution in [3.8, 4) is 0 Å². The van der Waals surface area contributed by atoms with Crippen molar-refractivity contribution in [2.45, 2.75) is 33.6 Å². The van der Waals surface area contributed by atoms with Crippen molar-refractivity contribution in [3.63, 3.8) is 0 Å². The van der Waals surface area contributed by atoms with Crippen molar-refractivity contribution in [3.05, 3.63) is 12.2 Å². The summed E-state index contributed by atoms with van der Waals surface area (Å²) in [7, 11) is 0. The van der Waals surface area contributed by atoms with E-state index >= 15 is 0 Å². The molecule has 3 heteroatoms. The molecule has 1 aliphatic heterocycles. The van der Waals surface area contributed by atoms with E-state index in [4.69, 9.17) is 0 Å². The van der Waals surface area contributed by atoms with Crippen LogP contribution in [0.2, 0.25) is 0 Å². The van der Waals surface area contributed by atoms with Gasteiger partial charge in [0.1, 0.15) is 0 Å². The Bertz CT molecular complexity index is 370. The van der Waals surface area contributed by atoms with Gasteiger partial charge in [-0.2, -0.15) is 0 Å². The van der Waals surface area contributed by atoms with Crippen molar-refractivity contribution < 1.29 is 9.59 Å². The molecule has 2 rings (SSSR count). The van der Waals surface area contributed by atoms with E-state index in [2.05, 4.69) is 12.2 Å². The summed E-state index contributed by atoms with van der Waals surface area (Å²) < 4.78 is 0. The van der Waals surface area contributed by atoms with Crippen LogP contribution in [0.15, 0.2) is 12.2 Å². The Hall–Kier alpha value is -1.12. The molecule has 1 amide bonds. The molecule has 0 aromatic rings. The molecule has 0 aromatic heterocycles. The van der Waals surface area contributed by atoms with Gasteiger partial charge in [-0.15, -0.1) is 0 Å². The highest BCUT2D eigenvalue weighted by atomic mass is 16.1. The molecule has 0 spiro atoms. The average molecular weight is 221 g/mol. The van der Waals surface area contributed by atoms with E-state index in [1.54, 1.807) is 6.08 Å². The monoisotopic (exact) mass is 221 g/mol. The van der Waals surface area contributed by atoms with Crippen LogP contribution in [0.4, 0.5) is 0 Å². The van der Waals surface area contributed by atoms with Crippen molar-refractivity contribution in [1.82, 2.24) is 5.32 Å². The summed E-state index contributed by atoms with van der Waals surface area (Å²) in [4.78, 5) is 23.5. The van der Waals surface area contributed by atoms with Crippen molar-refractivity contribution in [2.24, 2.45) is 16.7 Å². The minimum atomic E-state index is -0.351. The fraction of sp³-hybridized carbons (Fsp3) is 0.692. The predicted octanol–water partition coefficient (Wildman–Crippen LogP) is 1.68. The number of hydrogen-bond acceptors (Lipinski definition) is 2. The molecule has 0 unspecified atom stereocenters. The van der Waals surface area contributed by atoms with Gasteiger partial charge in [0, 0.05) is 18.4 Å². The van der Waals surface area contributed by atoms with Crippen LogP contribution in [-0.4, -0.2) is 18.2 Å². The van der Waals surface area contributed by atoms with Gasteiger partial charge >= 0.3 is 0 Å². The lowest BCUT2D eigenvalue weighted by Gasteiger charge is -2.45. The molecular weight excluding hydrogens is 202 g/mol. The molecule has 1 N–H and O–H groups in total. The maximum Gasteiger partial charge on any atom is 0.220 e. The Morgan fingerprint density at radius 3 is 2.69 bits per heavy atom.